The minimum atomic E-state index is 0. The second-order valence-corrected chi connectivity index (χ2v) is 10.6. The van der Waals surface area contributed by atoms with Gasteiger partial charge in [-0.1, -0.05) is 0 Å². The van der Waals surface area contributed by atoms with Crippen LogP contribution in [0.2, 0.25) is 0 Å². The highest BCUT2D eigenvalue weighted by Gasteiger charge is 2.50. The quantitative estimate of drug-likeness (QED) is 0.0856. The Morgan fingerprint density at radius 1 is 0.415 bits per heavy atom. The lowest BCUT2D eigenvalue weighted by Gasteiger charge is -2.49. The number of hydrogen-bond donors (Lipinski definition) is 10. The van der Waals surface area contributed by atoms with E-state index in [1.165, 1.54) is 52.4 Å². The maximum absolute atomic E-state index is 5.27. The molecule has 0 unspecified atom stereocenters. The number of nitrogens with two attached hydrogens (primary N) is 4. The third-order valence-electron chi connectivity index (χ3n) is 7.66. The number of hydrogen-bond acceptors (Lipinski definition) is 14. The van der Waals surface area contributed by atoms with E-state index in [-0.39, 0.29) is 24.0 Å². The smallest absolute Gasteiger partial charge is 0.0923 e. The molecule has 0 aromatic carbocycles. The molecule has 5 aliphatic rings. The van der Waals surface area contributed by atoms with Gasteiger partial charge in [0.1, 0.15) is 0 Å². The van der Waals surface area contributed by atoms with E-state index < -0.39 is 0 Å². The van der Waals surface area contributed by atoms with Crippen LogP contribution in [-0.2, 0) is 0 Å². The van der Waals surface area contributed by atoms with Crippen molar-refractivity contribution in [3.63, 3.8) is 0 Å². The Morgan fingerprint density at radius 3 is 0.854 bits per heavy atom. The zero-order valence-electron chi connectivity index (χ0n) is 25.6. The number of halogens is 1. The second kappa shape index (κ2) is 26.6. The van der Waals surface area contributed by atoms with Crippen molar-refractivity contribution in [2.45, 2.75) is 12.3 Å². The Labute approximate surface area is 267 Å². The van der Waals surface area contributed by atoms with Gasteiger partial charge in [0.2, 0.25) is 0 Å². The lowest BCUT2D eigenvalue weighted by molar-refractivity contribution is -0.0745. The molecule has 0 atom stereocenters. The predicted octanol–water partition coefficient (Wildman–Crippen LogP) is -5.14. The van der Waals surface area contributed by atoms with Gasteiger partial charge in [0, 0.05) is 157 Å². The normalized spacial score (nSPS) is 25.5. The summed E-state index contributed by atoms with van der Waals surface area (Å²) in [5.74, 6) is 0. The molecule has 0 aliphatic carbocycles. The van der Waals surface area contributed by atoms with Crippen LogP contribution in [0.15, 0.2) is 0 Å². The van der Waals surface area contributed by atoms with Crippen molar-refractivity contribution in [2.24, 2.45) is 22.9 Å². The van der Waals surface area contributed by atoms with E-state index in [9.17, 15) is 0 Å². The van der Waals surface area contributed by atoms with E-state index in [0.717, 1.165) is 90.9 Å². The molecule has 14 nitrogen and oxygen atoms in total. The first-order chi connectivity index (χ1) is 19.8. The lowest BCUT2D eigenvalue weighted by Crippen LogP contribution is -2.66. The average Bonchev–Trinajstić information content (AvgIpc) is 3.59. The number of nitrogens with one attached hydrogen (secondary N) is 6. The van der Waals surface area contributed by atoms with E-state index >= 15 is 0 Å². The molecule has 5 fully saturated rings. The molecule has 14 N–H and O–H groups in total. The predicted molar refractivity (Wildman–Crippen MR) is 183 cm³/mol. The molecule has 0 aromatic heterocycles. The molecule has 0 saturated carbocycles. The van der Waals surface area contributed by atoms with Crippen LogP contribution < -0.4 is 54.8 Å². The molecule has 5 rings (SSSR count). The van der Waals surface area contributed by atoms with Crippen LogP contribution in [0, 0.1) is 0 Å². The summed E-state index contributed by atoms with van der Waals surface area (Å²) in [7, 11) is 0. The van der Waals surface area contributed by atoms with Crippen LogP contribution in [0.3, 0.4) is 0 Å². The van der Waals surface area contributed by atoms with Crippen molar-refractivity contribution in [2.75, 3.05) is 157 Å². The van der Waals surface area contributed by atoms with Gasteiger partial charge in [-0.25, -0.2) is 0 Å². The van der Waals surface area contributed by atoms with E-state index in [2.05, 4.69) is 51.5 Å². The van der Waals surface area contributed by atoms with Gasteiger partial charge in [-0.05, 0) is 0 Å². The van der Waals surface area contributed by atoms with E-state index in [0.29, 0.717) is 26.2 Å². The molecular formula is C26H65IN14. The standard InChI is InChI=1S/C10H18N4.C8H20N4.C6H18N4.C2H8N2.HI/c1-2-12-7-8-14-4-3-13-6-5-11(1)9(12)10(13)14;1-2-10-5-6-12-8-7-11-4-3-9-1;7-1-3-9-5-6-10-4-2-8;3-1-2-4;/h9-10H,1-8H2;9-12H,1-8H2;9-10H,1-8H2;1-4H2;1H. The Morgan fingerprint density at radius 2 is 0.659 bits per heavy atom. The number of nitrogens with zero attached hydrogens (tertiary/aromatic N) is 4. The average molecular weight is 701 g/mol. The first kappa shape index (κ1) is 39.2. The van der Waals surface area contributed by atoms with Gasteiger partial charge in [0.25, 0.3) is 0 Å². The SMILES string of the molecule is C1CN2CCN3CCN4CCN1C2C43.C1CNCCNCCNCCN1.I.NCCN.NCCNCCNCCN. The van der Waals surface area contributed by atoms with E-state index in [1.54, 1.807) is 0 Å². The Kier molecular flexibility index (Phi) is 25.4. The minimum absolute atomic E-state index is 0. The molecule has 41 heavy (non-hydrogen) atoms. The zero-order valence-corrected chi connectivity index (χ0v) is 28.0. The van der Waals surface area contributed by atoms with Crippen molar-refractivity contribution in [1.82, 2.24) is 51.5 Å². The zero-order chi connectivity index (χ0) is 28.7. The fraction of sp³-hybridized carbons (Fsp3) is 1.00. The van der Waals surface area contributed by atoms with Gasteiger partial charge in [0.15, 0.2) is 0 Å². The molecule has 5 heterocycles. The van der Waals surface area contributed by atoms with E-state index in [1.807, 2.05) is 0 Å². The van der Waals surface area contributed by atoms with Crippen molar-refractivity contribution in [3.05, 3.63) is 0 Å². The summed E-state index contributed by atoms with van der Waals surface area (Å²) in [6, 6.07) is 0. The Hall–Kier alpha value is 0.170. The topological polar surface area (TPSA) is 189 Å². The first-order valence-corrected chi connectivity index (χ1v) is 15.8. The van der Waals surface area contributed by atoms with Crippen LogP contribution in [0.1, 0.15) is 0 Å². The van der Waals surface area contributed by atoms with Crippen LogP contribution in [0.5, 0.6) is 0 Å². The lowest BCUT2D eigenvalue weighted by atomic mass is 10.2. The van der Waals surface area contributed by atoms with Gasteiger partial charge in [-0.3, -0.25) is 19.6 Å². The fourth-order valence-electron chi connectivity index (χ4n) is 5.59. The van der Waals surface area contributed by atoms with Crippen LogP contribution in [-0.4, -0.2) is 189 Å². The fourth-order valence-corrected chi connectivity index (χ4v) is 5.59. The summed E-state index contributed by atoms with van der Waals surface area (Å²) < 4.78 is 0. The summed E-state index contributed by atoms with van der Waals surface area (Å²) in [6.45, 7) is 25.3. The Bertz CT molecular complexity index is 477. The van der Waals surface area contributed by atoms with Crippen LogP contribution >= 0.6 is 24.0 Å². The minimum Gasteiger partial charge on any atom is -0.329 e. The van der Waals surface area contributed by atoms with Crippen LogP contribution in [0.4, 0.5) is 0 Å². The van der Waals surface area contributed by atoms with Gasteiger partial charge < -0.3 is 54.8 Å². The van der Waals surface area contributed by atoms with Gasteiger partial charge in [0.05, 0.1) is 12.3 Å². The van der Waals surface area contributed by atoms with Gasteiger partial charge >= 0.3 is 0 Å². The Balaban J connectivity index is 0.000000290. The molecule has 15 heteroatoms. The molecule has 5 aliphatic heterocycles. The summed E-state index contributed by atoms with van der Waals surface area (Å²) in [5, 5.41) is 19.8. The maximum atomic E-state index is 5.27. The molecule has 0 amide bonds. The highest BCUT2D eigenvalue weighted by molar-refractivity contribution is 14.0. The summed E-state index contributed by atoms with van der Waals surface area (Å²) in [6.07, 6.45) is 1.47. The third-order valence-corrected chi connectivity index (χ3v) is 7.66. The molecule has 0 radical (unpaired) electrons. The van der Waals surface area contributed by atoms with Crippen molar-refractivity contribution in [3.8, 4) is 0 Å². The van der Waals surface area contributed by atoms with Crippen LogP contribution in [0.25, 0.3) is 0 Å². The molecule has 0 aromatic rings. The third kappa shape index (κ3) is 16.2. The van der Waals surface area contributed by atoms with Crippen molar-refractivity contribution >= 4 is 24.0 Å². The van der Waals surface area contributed by atoms with E-state index in [4.69, 9.17) is 22.9 Å². The first-order valence-electron chi connectivity index (χ1n) is 15.8. The molecule has 5 saturated heterocycles. The molecular weight excluding hydrogens is 635 g/mol. The molecule has 0 bridgehead atoms. The number of rotatable bonds is 8. The summed E-state index contributed by atoms with van der Waals surface area (Å²) in [5.41, 5.74) is 20.3. The number of piperazine rings is 2. The molecule has 246 valence electrons. The highest BCUT2D eigenvalue weighted by atomic mass is 127. The summed E-state index contributed by atoms with van der Waals surface area (Å²) >= 11 is 0. The monoisotopic (exact) mass is 700 g/mol. The highest BCUT2D eigenvalue weighted by Crippen LogP contribution is 2.32. The largest absolute Gasteiger partial charge is 0.329 e. The summed E-state index contributed by atoms with van der Waals surface area (Å²) in [4.78, 5) is 10.8. The maximum Gasteiger partial charge on any atom is 0.0923 e. The van der Waals surface area contributed by atoms with Gasteiger partial charge in [-0.15, -0.1) is 24.0 Å². The van der Waals surface area contributed by atoms with Crippen molar-refractivity contribution < 1.29 is 0 Å². The van der Waals surface area contributed by atoms with Gasteiger partial charge in [-0.2, -0.15) is 0 Å². The molecule has 0 spiro atoms. The van der Waals surface area contributed by atoms with Crippen molar-refractivity contribution in [1.29, 1.82) is 0 Å². The second-order valence-electron chi connectivity index (χ2n) is 10.6.